The third-order valence-corrected chi connectivity index (χ3v) is 6.14. The number of fused-ring (bicyclic) bond motifs is 1. The summed E-state index contributed by atoms with van der Waals surface area (Å²) in [5.41, 5.74) is 3.50. The molecule has 1 saturated heterocycles. The molecular weight excluding hydrogens is 312 g/mol. The van der Waals surface area contributed by atoms with Crippen LogP contribution in [0.4, 0.5) is 0 Å². The molecule has 0 spiro atoms. The van der Waals surface area contributed by atoms with E-state index in [9.17, 15) is 13.2 Å². The zero-order valence-corrected chi connectivity index (χ0v) is 14.4. The number of nitrogens with zero attached hydrogens (tertiary/aromatic N) is 2. The Morgan fingerprint density at radius 2 is 1.70 bits per heavy atom. The molecule has 0 amide bonds. The van der Waals surface area contributed by atoms with Crippen LogP contribution in [-0.4, -0.2) is 62.4 Å². The molecule has 6 heteroatoms. The Morgan fingerprint density at radius 3 is 2.35 bits per heavy atom. The van der Waals surface area contributed by atoms with Crippen LogP contribution in [0.5, 0.6) is 0 Å². The summed E-state index contributed by atoms with van der Waals surface area (Å²) in [4.78, 5) is 14.5. The van der Waals surface area contributed by atoms with Gasteiger partial charge >= 0.3 is 0 Å². The molecule has 1 aliphatic heterocycles. The van der Waals surface area contributed by atoms with Gasteiger partial charge in [-0.3, -0.25) is 9.69 Å². The average Bonchev–Trinajstić information content (AvgIpc) is 2.54. The van der Waals surface area contributed by atoms with Crippen molar-refractivity contribution in [3.05, 3.63) is 34.9 Å². The molecule has 1 heterocycles. The normalized spacial score (nSPS) is 20.2. The van der Waals surface area contributed by atoms with E-state index in [1.54, 1.807) is 0 Å². The van der Waals surface area contributed by atoms with Gasteiger partial charge in [-0.2, -0.15) is 4.31 Å². The van der Waals surface area contributed by atoms with Gasteiger partial charge in [-0.05, 0) is 42.9 Å². The van der Waals surface area contributed by atoms with E-state index in [1.165, 1.54) is 34.5 Å². The van der Waals surface area contributed by atoms with Crippen LogP contribution in [0.25, 0.3) is 0 Å². The lowest BCUT2D eigenvalue weighted by molar-refractivity contribution is 0.0902. The molecule has 0 N–H and O–H groups in total. The lowest BCUT2D eigenvalue weighted by Crippen LogP contribution is -2.49. The van der Waals surface area contributed by atoms with Crippen molar-refractivity contribution in [1.29, 1.82) is 0 Å². The Hall–Kier alpha value is -1.24. The predicted octanol–water partition coefficient (Wildman–Crippen LogP) is 1.33. The fraction of sp³-hybridized carbons (Fsp3) is 0.588. The Labute approximate surface area is 138 Å². The molecule has 1 fully saturated rings. The van der Waals surface area contributed by atoms with Crippen molar-refractivity contribution in [2.45, 2.75) is 25.7 Å². The lowest BCUT2D eigenvalue weighted by atomic mass is 9.90. The van der Waals surface area contributed by atoms with Crippen molar-refractivity contribution in [2.24, 2.45) is 0 Å². The van der Waals surface area contributed by atoms with E-state index in [0.717, 1.165) is 18.4 Å². The second-order valence-corrected chi connectivity index (χ2v) is 8.53. The van der Waals surface area contributed by atoms with E-state index in [-0.39, 0.29) is 5.78 Å². The predicted molar refractivity (Wildman–Crippen MR) is 90.3 cm³/mol. The third kappa shape index (κ3) is 4.00. The number of carbonyl (C=O) groups is 1. The van der Waals surface area contributed by atoms with Crippen molar-refractivity contribution >= 4 is 15.8 Å². The Kier molecular flexibility index (Phi) is 4.85. The summed E-state index contributed by atoms with van der Waals surface area (Å²) in [7, 11) is -3.12. The first kappa shape index (κ1) is 16.6. The second-order valence-electron chi connectivity index (χ2n) is 6.55. The summed E-state index contributed by atoms with van der Waals surface area (Å²) >= 11 is 0. The summed E-state index contributed by atoms with van der Waals surface area (Å²) in [5.74, 6) is 0.131. The molecule has 23 heavy (non-hydrogen) atoms. The van der Waals surface area contributed by atoms with Gasteiger partial charge < -0.3 is 0 Å². The third-order valence-electron chi connectivity index (χ3n) is 4.84. The highest BCUT2D eigenvalue weighted by Crippen LogP contribution is 2.22. The van der Waals surface area contributed by atoms with Gasteiger partial charge in [-0.1, -0.05) is 12.1 Å². The fourth-order valence-corrected chi connectivity index (χ4v) is 4.25. The quantitative estimate of drug-likeness (QED) is 0.778. The molecule has 2 aliphatic rings. The van der Waals surface area contributed by atoms with E-state index in [0.29, 0.717) is 32.7 Å². The molecule has 3 rings (SSSR count). The van der Waals surface area contributed by atoms with Gasteiger partial charge in [0.05, 0.1) is 12.8 Å². The maximum atomic E-state index is 12.5. The molecule has 1 aromatic rings. The Bertz CT molecular complexity index is 692. The van der Waals surface area contributed by atoms with Crippen molar-refractivity contribution in [3.8, 4) is 0 Å². The molecule has 5 nitrogen and oxygen atoms in total. The van der Waals surface area contributed by atoms with Crippen LogP contribution < -0.4 is 0 Å². The Balaban J connectivity index is 1.60. The summed E-state index contributed by atoms with van der Waals surface area (Å²) < 4.78 is 24.5. The van der Waals surface area contributed by atoms with Crippen LogP contribution in [0.2, 0.25) is 0 Å². The maximum absolute atomic E-state index is 12.5. The van der Waals surface area contributed by atoms with E-state index in [1.807, 2.05) is 11.0 Å². The number of benzene rings is 1. The molecule has 0 bridgehead atoms. The number of sulfonamides is 1. The Morgan fingerprint density at radius 1 is 1.04 bits per heavy atom. The largest absolute Gasteiger partial charge is 0.293 e. The zero-order valence-electron chi connectivity index (χ0n) is 13.6. The highest BCUT2D eigenvalue weighted by Gasteiger charge is 2.24. The number of carbonyl (C=O) groups excluding carboxylic acids is 1. The first-order valence-corrected chi connectivity index (χ1v) is 10.1. The summed E-state index contributed by atoms with van der Waals surface area (Å²) in [6.07, 6.45) is 5.88. The van der Waals surface area contributed by atoms with Crippen LogP contribution in [0.3, 0.4) is 0 Å². The number of hydrogen-bond acceptors (Lipinski definition) is 4. The van der Waals surface area contributed by atoms with E-state index in [2.05, 4.69) is 12.1 Å². The van der Waals surface area contributed by atoms with Gasteiger partial charge in [0.25, 0.3) is 0 Å². The van der Waals surface area contributed by atoms with E-state index >= 15 is 0 Å². The van der Waals surface area contributed by atoms with Crippen LogP contribution in [0.15, 0.2) is 18.2 Å². The van der Waals surface area contributed by atoms with Crippen LogP contribution in [0, 0.1) is 0 Å². The lowest BCUT2D eigenvalue weighted by Gasteiger charge is -2.32. The number of Topliss-reactive ketones (excluding diaryl/α,β-unsaturated/α-hetero) is 1. The molecular formula is C17H24N2O3S. The zero-order chi connectivity index (χ0) is 16.4. The first-order chi connectivity index (χ1) is 10.9. The van der Waals surface area contributed by atoms with E-state index < -0.39 is 10.0 Å². The second kappa shape index (κ2) is 6.71. The highest BCUT2D eigenvalue weighted by molar-refractivity contribution is 7.88. The number of ketones is 1. The van der Waals surface area contributed by atoms with Crippen molar-refractivity contribution in [2.75, 3.05) is 39.0 Å². The van der Waals surface area contributed by atoms with Gasteiger partial charge in [-0.25, -0.2) is 8.42 Å². The van der Waals surface area contributed by atoms with Crippen LogP contribution >= 0.6 is 0 Å². The molecule has 0 atom stereocenters. The average molecular weight is 336 g/mol. The van der Waals surface area contributed by atoms with Crippen molar-refractivity contribution < 1.29 is 13.2 Å². The summed E-state index contributed by atoms with van der Waals surface area (Å²) in [5, 5.41) is 0. The minimum Gasteiger partial charge on any atom is -0.293 e. The van der Waals surface area contributed by atoms with Crippen LogP contribution in [0.1, 0.15) is 34.3 Å². The number of rotatable bonds is 4. The monoisotopic (exact) mass is 336 g/mol. The highest BCUT2D eigenvalue weighted by atomic mass is 32.2. The first-order valence-electron chi connectivity index (χ1n) is 8.26. The van der Waals surface area contributed by atoms with Gasteiger partial charge in [0, 0.05) is 31.7 Å². The minimum atomic E-state index is -3.12. The standard InChI is InChI=1S/C17H24N2O3S/c1-23(21,22)19-10-8-18(9-11-19)13-17(20)16-7-6-14-4-2-3-5-15(14)12-16/h6-7,12H,2-5,8-11,13H2,1H3. The molecule has 1 aliphatic carbocycles. The van der Waals surface area contributed by atoms with Crippen LogP contribution in [-0.2, 0) is 22.9 Å². The van der Waals surface area contributed by atoms with Crippen molar-refractivity contribution in [3.63, 3.8) is 0 Å². The van der Waals surface area contributed by atoms with Gasteiger partial charge in [0.1, 0.15) is 0 Å². The molecule has 0 aromatic heterocycles. The van der Waals surface area contributed by atoms with Gasteiger partial charge in [-0.15, -0.1) is 0 Å². The molecule has 0 unspecified atom stereocenters. The minimum absolute atomic E-state index is 0.131. The number of aryl methyl sites for hydroxylation is 2. The maximum Gasteiger partial charge on any atom is 0.211 e. The number of hydrogen-bond donors (Lipinski definition) is 0. The molecule has 0 saturated carbocycles. The van der Waals surface area contributed by atoms with E-state index in [4.69, 9.17) is 0 Å². The fourth-order valence-electron chi connectivity index (χ4n) is 3.42. The van der Waals surface area contributed by atoms with Crippen molar-refractivity contribution in [1.82, 2.24) is 9.21 Å². The SMILES string of the molecule is CS(=O)(=O)N1CCN(CC(=O)c2ccc3c(c2)CCCC3)CC1. The van der Waals surface area contributed by atoms with Gasteiger partial charge in [0.15, 0.2) is 5.78 Å². The van der Waals surface area contributed by atoms with Gasteiger partial charge in [0.2, 0.25) is 10.0 Å². The number of piperazine rings is 1. The molecule has 1 aromatic carbocycles. The smallest absolute Gasteiger partial charge is 0.211 e. The summed E-state index contributed by atoms with van der Waals surface area (Å²) in [6.45, 7) is 2.54. The topological polar surface area (TPSA) is 57.7 Å². The molecule has 126 valence electrons. The summed E-state index contributed by atoms with van der Waals surface area (Å²) in [6, 6.07) is 6.10. The molecule has 0 radical (unpaired) electrons.